The molecule has 0 bridgehead atoms. The predicted molar refractivity (Wildman–Crippen MR) is 76.5 cm³/mol. The topological polar surface area (TPSA) is 49.6 Å². The van der Waals surface area contributed by atoms with E-state index in [0.717, 1.165) is 26.2 Å². The van der Waals surface area contributed by atoms with Crippen LogP contribution in [0.25, 0.3) is 0 Å². The van der Waals surface area contributed by atoms with E-state index in [2.05, 4.69) is 36.1 Å². The fourth-order valence-corrected chi connectivity index (χ4v) is 2.61. The minimum absolute atomic E-state index is 0.0619. The van der Waals surface area contributed by atoms with Crippen molar-refractivity contribution in [3.8, 4) is 0 Å². The molecule has 2 N–H and O–H groups in total. The van der Waals surface area contributed by atoms with Gasteiger partial charge in [-0.15, -0.1) is 0 Å². The summed E-state index contributed by atoms with van der Waals surface area (Å²) >= 11 is 0. The van der Waals surface area contributed by atoms with Crippen molar-refractivity contribution >= 4 is 5.91 Å². The molecule has 0 spiro atoms. The first-order valence-corrected chi connectivity index (χ1v) is 6.90. The predicted octanol–water partition coefficient (Wildman–Crippen LogP) is 1.07. The number of nitrogens with two attached hydrogens (primary N) is 1. The summed E-state index contributed by atoms with van der Waals surface area (Å²) in [7, 11) is 0. The van der Waals surface area contributed by atoms with Gasteiger partial charge < -0.3 is 10.6 Å². The van der Waals surface area contributed by atoms with Crippen LogP contribution in [0.5, 0.6) is 0 Å². The van der Waals surface area contributed by atoms with Crippen LogP contribution in [0.4, 0.5) is 0 Å². The molecule has 0 aromatic heterocycles. The minimum Gasteiger partial charge on any atom is -0.336 e. The highest BCUT2D eigenvalue weighted by molar-refractivity contribution is 5.81. The first-order valence-electron chi connectivity index (χ1n) is 6.90. The average molecular weight is 261 g/mol. The molecule has 0 unspecified atom stereocenters. The van der Waals surface area contributed by atoms with Gasteiger partial charge in [0.25, 0.3) is 0 Å². The number of amides is 1. The largest absolute Gasteiger partial charge is 0.336 e. The molecule has 1 aromatic carbocycles. The van der Waals surface area contributed by atoms with Gasteiger partial charge in [-0.1, -0.05) is 30.3 Å². The molecule has 0 aliphatic carbocycles. The Labute approximate surface area is 115 Å². The van der Waals surface area contributed by atoms with Gasteiger partial charge in [0.15, 0.2) is 0 Å². The highest BCUT2D eigenvalue weighted by Gasteiger charge is 2.28. The van der Waals surface area contributed by atoms with Crippen LogP contribution in [-0.2, 0) is 11.3 Å². The maximum absolute atomic E-state index is 12.0. The van der Waals surface area contributed by atoms with Crippen LogP contribution in [0.15, 0.2) is 30.3 Å². The molecule has 104 valence electrons. The first kappa shape index (κ1) is 14.0. The van der Waals surface area contributed by atoms with E-state index in [1.165, 1.54) is 5.56 Å². The second-order valence-corrected chi connectivity index (χ2v) is 5.39. The molecular formula is C15H23N3O. The maximum Gasteiger partial charge on any atom is 0.239 e. The van der Waals surface area contributed by atoms with Gasteiger partial charge in [0.1, 0.15) is 0 Å². The lowest BCUT2D eigenvalue weighted by atomic mass is 10.1. The van der Waals surface area contributed by atoms with Crippen molar-refractivity contribution in [2.24, 2.45) is 5.73 Å². The normalized spacial score (nSPS) is 22.3. The Balaban J connectivity index is 1.91. The molecule has 4 heteroatoms. The van der Waals surface area contributed by atoms with Crippen LogP contribution in [-0.4, -0.2) is 47.4 Å². The zero-order valence-corrected chi connectivity index (χ0v) is 11.7. The molecule has 4 nitrogen and oxygen atoms in total. The van der Waals surface area contributed by atoms with Crippen molar-refractivity contribution in [1.82, 2.24) is 9.80 Å². The van der Waals surface area contributed by atoms with Gasteiger partial charge in [-0.05, 0) is 19.4 Å². The number of hydrogen-bond donors (Lipinski definition) is 1. The lowest BCUT2D eigenvalue weighted by Crippen LogP contribution is -2.56. The average Bonchev–Trinajstić information content (AvgIpc) is 2.39. The van der Waals surface area contributed by atoms with Crippen molar-refractivity contribution in [1.29, 1.82) is 0 Å². The number of piperazine rings is 1. The second kappa shape index (κ2) is 6.17. The summed E-state index contributed by atoms with van der Waals surface area (Å²) in [5.74, 6) is 0.0619. The van der Waals surface area contributed by atoms with Crippen LogP contribution in [0.3, 0.4) is 0 Å². The molecule has 1 aromatic rings. The highest BCUT2D eigenvalue weighted by Crippen LogP contribution is 2.13. The fourth-order valence-electron chi connectivity index (χ4n) is 2.61. The van der Waals surface area contributed by atoms with Crippen LogP contribution < -0.4 is 5.73 Å². The van der Waals surface area contributed by atoms with Crippen molar-refractivity contribution in [2.75, 3.05) is 19.6 Å². The van der Waals surface area contributed by atoms with E-state index in [1.807, 2.05) is 11.0 Å². The summed E-state index contributed by atoms with van der Waals surface area (Å²) in [5, 5.41) is 0. The Morgan fingerprint density at radius 1 is 1.37 bits per heavy atom. The lowest BCUT2D eigenvalue weighted by Gasteiger charge is -2.40. The maximum atomic E-state index is 12.0. The number of rotatable bonds is 3. The van der Waals surface area contributed by atoms with E-state index in [-0.39, 0.29) is 11.9 Å². The molecular weight excluding hydrogens is 238 g/mol. The van der Waals surface area contributed by atoms with Gasteiger partial charge in [0, 0.05) is 32.2 Å². The van der Waals surface area contributed by atoms with E-state index in [4.69, 9.17) is 5.73 Å². The van der Waals surface area contributed by atoms with Gasteiger partial charge in [0.2, 0.25) is 5.91 Å². The van der Waals surface area contributed by atoms with Crippen LogP contribution in [0, 0.1) is 0 Å². The van der Waals surface area contributed by atoms with E-state index in [9.17, 15) is 4.79 Å². The van der Waals surface area contributed by atoms with Crippen LogP contribution in [0.2, 0.25) is 0 Å². The Bertz CT molecular complexity index is 419. The second-order valence-electron chi connectivity index (χ2n) is 5.39. The van der Waals surface area contributed by atoms with E-state index >= 15 is 0 Å². The van der Waals surface area contributed by atoms with Gasteiger partial charge >= 0.3 is 0 Å². The van der Waals surface area contributed by atoms with Gasteiger partial charge in [0.05, 0.1) is 6.04 Å². The quantitative estimate of drug-likeness (QED) is 0.885. The van der Waals surface area contributed by atoms with Gasteiger partial charge in [-0.25, -0.2) is 0 Å². The fraction of sp³-hybridized carbons (Fsp3) is 0.533. The molecule has 2 rings (SSSR count). The summed E-state index contributed by atoms with van der Waals surface area (Å²) in [5.41, 5.74) is 7.00. The molecule has 1 saturated heterocycles. The standard InChI is InChI=1S/C15H23N3O/c1-12-10-17(11-14-6-4-3-5-7-14)8-9-18(12)15(19)13(2)16/h3-7,12-13H,8-11,16H2,1-2H3/t12-,13-/m1/s1. The van der Waals surface area contributed by atoms with Crippen LogP contribution in [0.1, 0.15) is 19.4 Å². The number of hydrogen-bond acceptors (Lipinski definition) is 3. The summed E-state index contributed by atoms with van der Waals surface area (Å²) in [6.07, 6.45) is 0. The number of nitrogens with zero attached hydrogens (tertiary/aromatic N) is 2. The molecule has 0 radical (unpaired) electrons. The van der Waals surface area contributed by atoms with E-state index in [0.29, 0.717) is 0 Å². The summed E-state index contributed by atoms with van der Waals surface area (Å²) in [6.45, 7) is 7.40. The summed E-state index contributed by atoms with van der Waals surface area (Å²) < 4.78 is 0. The highest BCUT2D eigenvalue weighted by atomic mass is 16.2. The Kier molecular flexibility index (Phi) is 4.56. The molecule has 2 atom stereocenters. The monoisotopic (exact) mass is 261 g/mol. The third kappa shape index (κ3) is 3.55. The summed E-state index contributed by atoms with van der Waals surface area (Å²) in [6, 6.07) is 10.3. The smallest absolute Gasteiger partial charge is 0.239 e. The first-order chi connectivity index (χ1) is 9.08. The van der Waals surface area contributed by atoms with Crippen molar-refractivity contribution in [2.45, 2.75) is 32.5 Å². The number of carbonyl (C=O) groups excluding carboxylic acids is 1. The minimum atomic E-state index is -0.400. The van der Waals surface area contributed by atoms with E-state index in [1.54, 1.807) is 6.92 Å². The van der Waals surface area contributed by atoms with Gasteiger partial charge in [-0.3, -0.25) is 9.69 Å². The zero-order chi connectivity index (χ0) is 13.8. The van der Waals surface area contributed by atoms with Gasteiger partial charge in [-0.2, -0.15) is 0 Å². The molecule has 19 heavy (non-hydrogen) atoms. The lowest BCUT2D eigenvalue weighted by molar-refractivity contribution is -0.136. The summed E-state index contributed by atoms with van der Waals surface area (Å²) in [4.78, 5) is 16.3. The Morgan fingerprint density at radius 2 is 2.05 bits per heavy atom. The molecule has 1 aliphatic rings. The van der Waals surface area contributed by atoms with Crippen LogP contribution >= 0.6 is 0 Å². The Hall–Kier alpha value is -1.39. The van der Waals surface area contributed by atoms with Crippen molar-refractivity contribution < 1.29 is 4.79 Å². The molecule has 1 amide bonds. The zero-order valence-electron chi connectivity index (χ0n) is 11.7. The van der Waals surface area contributed by atoms with E-state index < -0.39 is 6.04 Å². The molecule has 1 fully saturated rings. The SMILES string of the molecule is C[C@@H]1CN(Cc2ccccc2)CCN1C(=O)[C@@H](C)N. The van der Waals surface area contributed by atoms with Crippen molar-refractivity contribution in [3.63, 3.8) is 0 Å². The van der Waals surface area contributed by atoms with Crippen molar-refractivity contribution in [3.05, 3.63) is 35.9 Å². The molecule has 1 aliphatic heterocycles. The number of carbonyl (C=O) groups is 1. The molecule has 1 heterocycles. The number of benzene rings is 1. The molecule has 0 saturated carbocycles. The third-order valence-corrected chi connectivity index (χ3v) is 3.63. The Morgan fingerprint density at radius 3 is 2.63 bits per heavy atom. The third-order valence-electron chi connectivity index (χ3n) is 3.63.